The van der Waals surface area contributed by atoms with Gasteiger partial charge in [0.25, 0.3) is 0 Å². The Bertz CT molecular complexity index is 224. The van der Waals surface area contributed by atoms with Crippen LogP contribution in [0.4, 0.5) is 0 Å². The molecule has 5 heteroatoms. The van der Waals surface area contributed by atoms with E-state index < -0.39 is 12.0 Å². The lowest BCUT2D eigenvalue weighted by Gasteiger charge is -2.15. The summed E-state index contributed by atoms with van der Waals surface area (Å²) in [5, 5.41) is 5.65. The van der Waals surface area contributed by atoms with Gasteiger partial charge in [-0.2, -0.15) is 0 Å². The molecule has 0 aliphatic carbocycles. The van der Waals surface area contributed by atoms with Gasteiger partial charge < -0.3 is 15.4 Å². The molecule has 1 saturated heterocycles. The fraction of sp³-hybridized carbons (Fsp3) is 0.778. The van der Waals surface area contributed by atoms with E-state index in [-0.39, 0.29) is 11.9 Å². The van der Waals surface area contributed by atoms with E-state index in [1.54, 1.807) is 6.92 Å². The van der Waals surface area contributed by atoms with Gasteiger partial charge >= 0.3 is 5.97 Å². The lowest BCUT2D eigenvalue weighted by Crippen LogP contribution is -2.47. The van der Waals surface area contributed by atoms with Crippen LogP contribution in [0.5, 0.6) is 0 Å². The van der Waals surface area contributed by atoms with Crippen molar-refractivity contribution in [3.8, 4) is 0 Å². The highest BCUT2D eigenvalue weighted by Gasteiger charge is 2.25. The largest absolute Gasteiger partial charge is 0.467 e. The number of rotatable bonds is 3. The summed E-state index contributed by atoms with van der Waals surface area (Å²) in [4.78, 5) is 22.5. The molecule has 1 fully saturated rings. The van der Waals surface area contributed by atoms with Crippen molar-refractivity contribution < 1.29 is 14.3 Å². The molecule has 0 aromatic rings. The average molecular weight is 200 g/mol. The summed E-state index contributed by atoms with van der Waals surface area (Å²) in [5.74, 6) is -0.545. The van der Waals surface area contributed by atoms with E-state index in [1.165, 1.54) is 7.11 Å². The quantitative estimate of drug-likeness (QED) is 0.598. The summed E-state index contributed by atoms with van der Waals surface area (Å²) in [6.45, 7) is 2.48. The van der Waals surface area contributed by atoms with Crippen molar-refractivity contribution in [3.05, 3.63) is 0 Å². The predicted octanol–water partition coefficient (Wildman–Crippen LogP) is -0.584. The number of ether oxygens (including phenoxy) is 1. The van der Waals surface area contributed by atoms with Gasteiger partial charge in [-0.3, -0.25) is 4.79 Å². The third-order valence-electron chi connectivity index (χ3n) is 2.29. The van der Waals surface area contributed by atoms with Gasteiger partial charge in [0, 0.05) is 0 Å². The van der Waals surface area contributed by atoms with Crippen LogP contribution in [0, 0.1) is 0 Å². The number of hydrogen-bond acceptors (Lipinski definition) is 4. The zero-order valence-corrected chi connectivity index (χ0v) is 8.50. The molecule has 5 nitrogen and oxygen atoms in total. The number of nitrogens with one attached hydrogen (secondary N) is 2. The molecule has 1 rings (SSSR count). The molecule has 0 unspecified atom stereocenters. The Morgan fingerprint density at radius 2 is 2.29 bits per heavy atom. The van der Waals surface area contributed by atoms with Crippen molar-refractivity contribution in [1.29, 1.82) is 0 Å². The van der Waals surface area contributed by atoms with Crippen molar-refractivity contribution in [2.75, 3.05) is 13.7 Å². The molecule has 0 bridgehead atoms. The molecule has 1 aliphatic heterocycles. The molecule has 2 atom stereocenters. The maximum Gasteiger partial charge on any atom is 0.328 e. The van der Waals surface area contributed by atoms with Crippen LogP contribution in [0.2, 0.25) is 0 Å². The number of esters is 1. The van der Waals surface area contributed by atoms with Gasteiger partial charge in [0.1, 0.15) is 6.04 Å². The second-order valence-electron chi connectivity index (χ2n) is 3.40. The Labute approximate surface area is 83.2 Å². The van der Waals surface area contributed by atoms with Gasteiger partial charge in [-0.25, -0.2) is 4.79 Å². The SMILES string of the molecule is COC(=O)[C@H](C)NC(=O)[C@H]1CCCN1. The van der Waals surface area contributed by atoms with Crippen molar-refractivity contribution in [1.82, 2.24) is 10.6 Å². The normalized spacial score (nSPS) is 22.9. The van der Waals surface area contributed by atoms with E-state index in [0.29, 0.717) is 0 Å². The fourth-order valence-corrected chi connectivity index (χ4v) is 1.46. The lowest BCUT2D eigenvalue weighted by molar-refractivity contribution is -0.144. The van der Waals surface area contributed by atoms with E-state index in [1.807, 2.05) is 0 Å². The molecule has 1 heterocycles. The van der Waals surface area contributed by atoms with Gasteiger partial charge in [0.15, 0.2) is 0 Å². The average Bonchev–Trinajstić information content (AvgIpc) is 2.69. The van der Waals surface area contributed by atoms with Crippen LogP contribution in [-0.4, -0.2) is 37.6 Å². The minimum atomic E-state index is -0.574. The second-order valence-corrected chi connectivity index (χ2v) is 3.40. The van der Waals surface area contributed by atoms with Crippen LogP contribution in [0.25, 0.3) is 0 Å². The van der Waals surface area contributed by atoms with Crippen LogP contribution >= 0.6 is 0 Å². The maximum absolute atomic E-state index is 11.5. The van der Waals surface area contributed by atoms with E-state index >= 15 is 0 Å². The molecule has 1 amide bonds. The molecular formula is C9H16N2O3. The first-order valence-electron chi connectivity index (χ1n) is 4.76. The molecule has 1 aliphatic rings. The highest BCUT2D eigenvalue weighted by Crippen LogP contribution is 2.04. The summed E-state index contributed by atoms with van der Waals surface area (Å²) in [5.41, 5.74) is 0. The predicted molar refractivity (Wildman–Crippen MR) is 50.6 cm³/mol. The van der Waals surface area contributed by atoms with Crippen LogP contribution in [0.3, 0.4) is 0 Å². The van der Waals surface area contributed by atoms with Crippen LogP contribution in [0.15, 0.2) is 0 Å². The van der Waals surface area contributed by atoms with Gasteiger partial charge in [0.05, 0.1) is 13.2 Å². The first-order valence-corrected chi connectivity index (χ1v) is 4.76. The highest BCUT2D eigenvalue weighted by atomic mass is 16.5. The number of amides is 1. The summed E-state index contributed by atoms with van der Waals surface area (Å²) in [6, 6.07) is -0.725. The van der Waals surface area contributed by atoms with E-state index in [4.69, 9.17) is 0 Å². The summed E-state index contributed by atoms with van der Waals surface area (Å²) < 4.78 is 4.50. The molecular weight excluding hydrogens is 184 g/mol. The number of methoxy groups -OCH3 is 1. The van der Waals surface area contributed by atoms with E-state index in [2.05, 4.69) is 15.4 Å². The summed E-state index contributed by atoms with van der Waals surface area (Å²) in [7, 11) is 1.30. The molecule has 14 heavy (non-hydrogen) atoms. The van der Waals surface area contributed by atoms with Crippen LogP contribution in [0.1, 0.15) is 19.8 Å². The van der Waals surface area contributed by atoms with Gasteiger partial charge in [-0.15, -0.1) is 0 Å². The zero-order valence-electron chi connectivity index (χ0n) is 8.50. The van der Waals surface area contributed by atoms with Gasteiger partial charge in [-0.1, -0.05) is 0 Å². The molecule has 80 valence electrons. The van der Waals surface area contributed by atoms with Crippen molar-refractivity contribution in [3.63, 3.8) is 0 Å². The molecule has 0 spiro atoms. The Balaban J connectivity index is 2.35. The van der Waals surface area contributed by atoms with Crippen LogP contribution < -0.4 is 10.6 Å². The molecule has 0 saturated carbocycles. The number of carbonyl (C=O) groups is 2. The van der Waals surface area contributed by atoms with E-state index in [0.717, 1.165) is 19.4 Å². The summed E-state index contributed by atoms with van der Waals surface area (Å²) >= 11 is 0. The topological polar surface area (TPSA) is 67.4 Å². The number of carbonyl (C=O) groups excluding carboxylic acids is 2. The van der Waals surface area contributed by atoms with Crippen molar-refractivity contribution >= 4 is 11.9 Å². The monoisotopic (exact) mass is 200 g/mol. The number of hydrogen-bond donors (Lipinski definition) is 2. The third-order valence-corrected chi connectivity index (χ3v) is 2.29. The van der Waals surface area contributed by atoms with Crippen molar-refractivity contribution in [2.45, 2.75) is 31.8 Å². The second kappa shape index (κ2) is 4.95. The smallest absolute Gasteiger partial charge is 0.328 e. The minimum Gasteiger partial charge on any atom is -0.467 e. The van der Waals surface area contributed by atoms with Gasteiger partial charge in [0.2, 0.25) is 5.91 Å². The Morgan fingerprint density at radius 3 is 2.79 bits per heavy atom. The van der Waals surface area contributed by atoms with E-state index in [9.17, 15) is 9.59 Å². The first kappa shape index (κ1) is 11.0. The first-order chi connectivity index (χ1) is 6.65. The third kappa shape index (κ3) is 2.70. The lowest BCUT2D eigenvalue weighted by atomic mass is 10.2. The summed E-state index contributed by atoms with van der Waals surface area (Å²) in [6.07, 6.45) is 1.84. The molecule has 0 aromatic heterocycles. The maximum atomic E-state index is 11.5. The molecule has 0 radical (unpaired) electrons. The molecule has 2 N–H and O–H groups in total. The highest BCUT2D eigenvalue weighted by molar-refractivity contribution is 5.87. The van der Waals surface area contributed by atoms with Gasteiger partial charge in [-0.05, 0) is 26.3 Å². The fourth-order valence-electron chi connectivity index (χ4n) is 1.46. The van der Waals surface area contributed by atoms with Crippen LogP contribution in [-0.2, 0) is 14.3 Å². The Morgan fingerprint density at radius 1 is 1.57 bits per heavy atom. The zero-order chi connectivity index (χ0) is 10.6. The Hall–Kier alpha value is -1.10. The Kier molecular flexibility index (Phi) is 3.88. The molecule has 0 aromatic carbocycles. The standard InChI is InChI=1S/C9H16N2O3/c1-6(9(13)14-2)11-8(12)7-4-3-5-10-7/h6-7,10H,3-5H2,1-2H3,(H,11,12)/t6-,7+/m0/s1. The minimum absolute atomic E-state index is 0.125. The van der Waals surface area contributed by atoms with Crippen molar-refractivity contribution in [2.24, 2.45) is 0 Å².